The Morgan fingerprint density at radius 2 is 1.55 bits per heavy atom. The number of aliphatic hydroxyl groups is 1. The number of carbonyl (C=O) groups is 5. The molecule has 0 aliphatic rings. The number of aromatic nitrogens is 2. The Morgan fingerprint density at radius 1 is 0.891 bits per heavy atom. The number of nitrogens with zero attached hydrogens (tertiary/aromatic N) is 2. The minimum absolute atomic E-state index is 0.0231. The van der Waals surface area contributed by atoms with Gasteiger partial charge in [0.05, 0.1) is 12.1 Å². The highest BCUT2D eigenvalue weighted by Crippen LogP contribution is 2.16. The smallest absolute Gasteiger partial charge is 0.408 e. The number of aliphatic hydroxyl groups excluding tert-OH is 1. The van der Waals surface area contributed by atoms with Crippen LogP contribution in [0.25, 0.3) is 0 Å². The van der Waals surface area contributed by atoms with Gasteiger partial charge in [-0.3, -0.25) is 19.2 Å². The summed E-state index contributed by atoms with van der Waals surface area (Å²) in [4.78, 5) is 74.7. The predicted molar refractivity (Wildman–Crippen MR) is 211 cm³/mol. The molecule has 0 aliphatic heterocycles. The van der Waals surface area contributed by atoms with Gasteiger partial charge >= 0.3 is 6.09 Å². The van der Waals surface area contributed by atoms with Crippen molar-refractivity contribution in [2.24, 2.45) is 17.8 Å². The van der Waals surface area contributed by atoms with Crippen LogP contribution < -0.4 is 32.3 Å². The summed E-state index contributed by atoms with van der Waals surface area (Å²) in [5, 5.41) is 25.5. The third-order valence-electron chi connectivity index (χ3n) is 9.00. The second-order valence-electron chi connectivity index (χ2n) is 15.9. The summed E-state index contributed by atoms with van der Waals surface area (Å²) < 4.78 is 5.37. The van der Waals surface area contributed by atoms with E-state index in [1.807, 2.05) is 58.0 Å². The first-order chi connectivity index (χ1) is 25.7. The van der Waals surface area contributed by atoms with Crippen LogP contribution >= 0.6 is 0 Å². The van der Waals surface area contributed by atoms with Crippen LogP contribution in [-0.4, -0.2) is 80.7 Å². The first-order valence-corrected chi connectivity index (χ1v) is 19.2. The van der Waals surface area contributed by atoms with E-state index in [2.05, 4.69) is 36.6 Å². The Bertz CT molecular complexity index is 1560. The second-order valence-corrected chi connectivity index (χ2v) is 15.9. The molecule has 55 heavy (non-hydrogen) atoms. The molecule has 0 aliphatic carbocycles. The van der Waals surface area contributed by atoms with E-state index in [4.69, 9.17) is 10.5 Å². The zero-order valence-corrected chi connectivity index (χ0v) is 34.2. The molecule has 2 aromatic rings. The lowest BCUT2D eigenvalue weighted by Gasteiger charge is -2.30. The molecule has 0 radical (unpaired) electrons. The molecule has 8 N–H and O–H groups in total. The number of amides is 5. The molecular weight excluding hydrogens is 704 g/mol. The van der Waals surface area contributed by atoms with Gasteiger partial charge in [-0.15, -0.1) is 0 Å². The molecule has 1 aromatic heterocycles. The van der Waals surface area contributed by atoms with Gasteiger partial charge in [0.1, 0.15) is 35.4 Å². The van der Waals surface area contributed by atoms with Crippen LogP contribution in [0.15, 0.2) is 36.5 Å². The first kappa shape index (κ1) is 46.4. The Labute approximate surface area is 326 Å². The summed E-state index contributed by atoms with van der Waals surface area (Å²) in [6.45, 7) is 18.1. The fraction of sp³-hybridized carbons (Fsp3) is 0.625. The van der Waals surface area contributed by atoms with E-state index in [1.54, 1.807) is 47.7 Å². The summed E-state index contributed by atoms with van der Waals surface area (Å²) >= 11 is 0. The van der Waals surface area contributed by atoms with Crippen molar-refractivity contribution in [1.29, 1.82) is 0 Å². The van der Waals surface area contributed by atoms with E-state index in [1.165, 1.54) is 0 Å². The Hall–Kier alpha value is -4.79. The average Bonchev–Trinajstić information content (AvgIpc) is 3.09. The SMILES string of the molecule is CC[C@H](C)[C@H](NC(=O)CCC(O)C(Cc1ccccc1)NC(=O)C(NC(=O)[C@H](CC(C)C)NC(=O)OC(C)(C)C)C(C)C)C(=O)NCc1cnc(C)nc1N. The molecule has 0 fully saturated rings. The van der Waals surface area contributed by atoms with Gasteiger partial charge < -0.3 is 42.2 Å². The van der Waals surface area contributed by atoms with Gasteiger partial charge in [0.15, 0.2) is 0 Å². The monoisotopic (exact) mass is 768 g/mol. The molecule has 0 saturated heterocycles. The molecule has 306 valence electrons. The summed E-state index contributed by atoms with van der Waals surface area (Å²) in [5.41, 5.74) is 6.60. The third kappa shape index (κ3) is 16.6. The van der Waals surface area contributed by atoms with E-state index in [9.17, 15) is 29.1 Å². The highest BCUT2D eigenvalue weighted by atomic mass is 16.6. The Balaban J connectivity index is 2.17. The molecule has 0 bridgehead atoms. The van der Waals surface area contributed by atoms with Crippen LogP contribution in [0.1, 0.15) is 105 Å². The number of alkyl carbamates (subject to hydrolysis) is 1. The standard InChI is InChI=1S/C40H64N8O7/c1-11-25(6)34(37(52)43-22-28-21-42-26(7)44-35(28)41)47-32(50)18-17-31(49)29(20-27-15-13-12-14-16-27)45-38(53)33(24(4)5)48-36(51)30(19-23(2)3)46-39(54)55-40(8,9)10/h12-16,21,23-25,29-31,33-34,49H,11,17-20,22H2,1-10H3,(H,43,52)(H,45,53)(H,46,54)(H,47,50)(H,48,51)(H2,41,42,44)/t25-,29?,30-,31?,33?,34-/m0/s1. The summed E-state index contributed by atoms with van der Waals surface area (Å²) in [7, 11) is 0. The number of hydrogen-bond donors (Lipinski definition) is 7. The number of aryl methyl sites for hydroxylation is 1. The van der Waals surface area contributed by atoms with Crippen molar-refractivity contribution < 1.29 is 33.8 Å². The highest BCUT2D eigenvalue weighted by molar-refractivity contribution is 5.91. The Kier molecular flexibility index (Phi) is 18.5. The molecular formula is C40H64N8O7. The molecule has 15 nitrogen and oxygen atoms in total. The Morgan fingerprint density at radius 3 is 2.11 bits per heavy atom. The molecule has 2 rings (SSSR count). The summed E-state index contributed by atoms with van der Waals surface area (Å²) in [5.74, 6) is -1.64. The number of carbonyl (C=O) groups excluding carboxylic acids is 5. The molecule has 6 atom stereocenters. The normalized spacial score (nSPS) is 14.9. The van der Waals surface area contributed by atoms with Gasteiger partial charge in [-0.25, -0.2) is 14.8 Å². The topological polar surface area (TPSA) is 227 Å². The van der Waals surface area contributed by atoms with Gasteiger partial charge in [0, 0.05) is 24.7 Å². The number of ether oxygens (including phenoxy) is 1. The van der Waals surface area contributed by atoms with Crippen LogP contribution in [-0.2, 0) is 36.9 Å². The van der Waals surface area contributed by atoms with Crippen molar-refractivity contribution in [3.63, 3.8) is 0 Å². The molecule has 1 aromatic carbocycles. The number of benzene rings is 1. The summed E-state index contributed by atoms with van der Waals surface area (Å²) in [6, 6.07) is 5.64. The van der Waals surface area contributed by atoms with E-state index in [0.717, 1.165) is 5.56 Å². The van der Waals surface area contributed by atoms with E-state index >= 15 is 0 Å². The van der Waals surface area contributed by atoms with Crippen molar-refractivity contribution in [3.8, 4) is 0 Å². The van der Waals surface area contributed by atoms with Gasteiger partial charge in [-0.2, -0.15) is 0 Å². The van der Waals surface area contributed by atoms with Gasteiger partial charge in [-0.1, -0.05) is 78.3 Å². The number of nitrogens with one attached hydrogen (secondary N) is 5. The first-order valence-electron chi connectivity index (χ1n) is 19.2. The minimum atomic E-state index is -1.17. The molecule has 0 spiro atoms. The zero-order chi connectivity index (χ0) is 41.5. The fourth-order valence-corrected chi connectivity index (χ4v) is 5.73. The molecule has 5 amide bonds. The lowest BCUT2D eigenvalue weighted by molar-refractivity contribution is -0.132. The largest absolute Gasteiger partial charge is 0.444 e. The van der Waals surface area contributed by atoms with Gasteiger partial charge in [0.25, 0.3) is 0 Å². The maximum absolute atomic E-state index is 13.9. The van der Waals surface area contributed by atoms with Crippen LogP contribution in [0.3, 0.4) is 0 Å². The van der Waals surface area contributed by atoms with Crippen LogP contribution in [0.2, 0.25) is 0 Å². The molecule has 1 heterocycles. The maximum atomic E-state index is 13.9. The molecule has 3 unspecified atom stereocenters. The van der Waals surface area contributed by atoms with E-state index in [0.29, 0.717) is 24.2 Å². The van der Waals surface area contributed by atoms with Crippen molar-refractivity contribution in [1.82, 2.24) is 36.6 Å². The second kappa shape index (κ2) is 21.9. The predicted octanol–water partition coefficient (Wildman–Crippen LogP) is 3.46. The van der Waals surface area contributed by atoms with Crippen molar-refractivity contribution in [2.45, 2.75) is 144 Å². The number of hydrogen-bond acceptors (Lipinski definition) is 10. The van der Waals surface area contributed by atoms with Crippen molar-refractivity contribution >= 4 is 35.5 Å². The lowest BCUT2D eigenvalue weighted by Crippen LogP contribution is -2.58. The van der Waals surface area contributed by atoms with Gasteiger partial charge in [0.2, 0.25) is 23.6 Å². The summed E-state index contributed by atoms with van der Waals surface area (Å²) in [6.07, 6.45) is 0.660. The lowest BCUT2D eigenvalue weighted by atomic mass is 9.95. The number of nitrogens with two attached hydrogens (primary N) is 1. The molecule has 0 saturated carbocycles. The quantitative estimate of drug-likeness (QED) is 0.104. The minimum Gasteiger partial charge on any atom is -0.444 e. The molecule has 15 heteroatoms. The third-order valence-corrected chi connectivity index (χ3v) is 9.00. The fourth-order valence-electron chi connectivity index (χ4n) is 5.73. The number of rotatable bonds is 20. The van der Waals surface area contributed by atoms with E-state index < -0.39 is 65.6 Å². The zero-order valence-electron chi connectivity index (χ0n) is 34.2. The average molecular weight is 769 g/mol. The number of nitrogen functional groups attached to an aromatic ring is 1. The van der Waals surface area contributed by atoms with Crippen LogP contribution in [0.5, 0.6) is 0 Å². The van der Waals surface area contributed by atoms with Crippen molar-refractivity contribution in [2.75, 3.05) is 5.73 Å². The maximum Gasteiger partial charge on any atom is 0.408 e. The van der Waals surface area contributed by atoms with Crippen molar-refractivity contribution in [3.05, 3.63) is 53.5 Å². The number of anilines is 1. The van der Waals surface area contributed by atoms with Gasteiger partial charge in [-0.05, 0) is 70.3 Å². The van der Waals surface area contributed by atoms with Crippen LogP contribution in [0.4, 0.5) is 10.6 Å². The van der Waals surface area contributed by atoms with E-state index in [-0.39, 0.29) is 49.4 Å². The van der Waals surface area contributed by atoms with Crippen LogP contribution in [0, 0.1) is 24.7 Å². The highest BCUT2D eigenvalue weighted by Gasteiger charge is 2.33.